The molecule has 120 valence electrons. The SMILES string of the molecule is CC(c1cccs1)N(C)Cc1nc(Cc2ccccc2Cl)no1. The molecule has 1 atom stereocenters. The number of nitrogens with zero attached hydrogens (tertiary/aromatic N) is 3. The Morgan fingerprint density at radius 3 is 2.83 bits per heavy atom. The standard InChI is InChI=1S/C17H18ClN3OS/c1-12(15-8-5-9-23-15)21(2)11-17-19-16(20-22-17)10-13-6-3-4-7-14(13)18/h3-9,12H,10-11H2,1-2H3. The molecule has 0 aliphatic carbocycles. The molecule has 0 spiro atoms. The van der Waals surface area contributed by atoms with Crippen LogP contribution < -0.4 is 0 Å². The molecule has 0 bridgehead atoms. The molecule has 0 aliphatic rings. The lowest BCUT2D eigenvalue weighted by Gasteiger charge is -2.21. The predicted octanol–water partition coefficient (Wildman–Crippen LogP) is 4.57. The van der Waals surface area contributed by atoms with E-state index in [1.807, 2.05) is 24.3 Å². The van der Waals surface area contributed by atoms with Crippen molar-refractivity contribution in [3.63, 3.8) is 0 Å². The van der Waals surface area contributed by atoms with Crippen molar-refractivity contribution < 1.29 is 4.52 Å². The second kappa shape index (κ2) is 7.25. The summed E-state index contributed by atoms with van der Waals surface area (Å²) >= 11 is 7.93. The molecule has 6 heteroatoms. The molecule has 3 aromatic rings. The van der Waals surface area contributed by atoms with Crippen LogP contribution in [0.3, 0.4) is 0 Å². The summed E-state index contributed by atoms with van der Waals surface area (Å²) in [5, 5.41) is 6.87. The van der Waals surface area contributed by atoms with E-state index in [0.29, 0.717) is 30.7 Å². The van der Waals surface area contributed by atoms with Crippen molar-refractivity contribution in [3.8, 4) is 0 Å². The van der Waals surface area contributed by atoms with Gasteiger partial charge in [-0.05, 0) is 37.0 Å². The smallest absolute Gasteiger partial charge is 0.240 e. The van der Waals surface area contributed by atoms with Crippen LogP contribution in [0.1, 0.15) is 35.1 Å². The number of hydrogen-bond donors (Lipinski definition) is 0. The van der Waals surface area contributed by atoms with Crippen LogP contribution >= 0.6 is 22.9 Å². The molecule has 0 amide bonds. The van der Waals surface area contributed by atoms with Gasteiger partial charge in [-0.25, -0.2) is 0 Å². The van der Waals surface area contributed by atoms with Gasteiger partial charge in [-0.1, -0.05) is 41.0 Å². The fourth-order valence-electron chi connectivity index (χ4n) is 2.33. The Bertz CT molecular complexity index is 757. The predicted molar refractivity (Wildman–Crippen MR) is 92.8 cm³/mol. The van der Waals surface area contributed by atoms with Gasteiger partial charge in [0.05, 0.1) is 6.54 Å². The van der Waals surface area contributed by atoms with Crippen LogP contribution in [0, 0.1) is 0 Å². The highest BCUT2D eigenvalue weighted by Crippen LogP contribution is 2.24. The average Bonchev–Trinajstić information content (AvgIpc) is 3.21. The Labute approximate surface area is 144 Å². The first-order valence-electron chi connectivity index (χ1n) is 7.42. The summed E-state index contributed by atoms with van der Waals surface area (Å²) in [6.45, 7) is 2.79. The first-order valence-corrected chi connectivity index (χ1v) is 8.67. The number of hydrogen-bond acceptors (Lipinski definition) is 5. The molecule has 3 rings (SSSR count). The highest BCUT2D eigenvalue weighted by atomic mass is 35.5. The molecule has 1 aromatic carbocycles. The summed E-state index contributed by atoms with van der Waals surface area (Å²) in [5.41, 5.74) is 1.00. The van der Waals surface area contributed by atoms with Crippen LogP contribution in [-0.2, 0) is 13.0 Å². The molecule has 0 fully saturated rings. The number of benzene rings is 1. The molecule has 2 heterocycles. The Morgan fingerprint density at radius 2 is 2.09 bits per heavy atom. The zero-order chi connectivity index (χ0) is 16.2. The van der Waals surface area contributed by atoms with Gasteiger partial charge >= 0.3 is 0 Å². The normalized spacial score (nSPS) is 12.7. The summed E-state index contributed by atoms with van der Waals surface area (Å²) in [6.07, 6.45) is 0.577. The van der Waals surface area contributed by atoms with Gasteiger partial charge in [-0.15, -0.1) is 11.3 Å². The van der Waals surface area contributed by atoms with Gasteiger partial charge in [0.15, 0.2) is 5.82 Å². The number of thiophene rings is 1. The second-order valence-electron chi connectivity index (χ2n) is 5.48. The summed E-state index contributed by atoms with van der Waals surface area (Å²) < 4.78 is 5.37. The lowest BCUT2D eigenvalue weighted by molar-refractivity contribution is 0.218. The van der Waals surface area contributed by atoms with Crippen molar-refractivity contribution in [1.82, 2.24) is 15.0 Å². The van der Waals surface area contributed by atoms with Crippen molar-refractivity contribution in [2.45, 2.75) is 25.9 Å². The van der Waals surface area contributed by atoms with E-state index in [2.05, 4.69) is 46.5 Å². The van der Waals surface area contributed by atoms with E-state index in [9.17, 15) is 0 Å². The third-order valence-electron chi connectivity index (χ3n) is 3.82. The van der Waals surface area contributed by atoms with Gasteiger partial charge in [0.2, 0.25) is 5.89 Å². The third kappa shape index (κ3) is 3.99. The Morgan fingerprint density at radius 1 is 1.26 bits per heavy atom. The molecule has 0 aliphatic heterocycles. The lowest BCUT2D eigenvalue weighted by atomic mass is 10.1. The van der Waals surface area contributed by atoms with Crippen LogP contribution in [0.4, 0.5) is 0 Å². The fraction of sp³-hybridized carbons (Fsp3) is 0.294. The van der Waals surface area contributed by atoms with Crippen LogP contribution in [0.2, 0.25) is 5.02 Å². The monoisotopic (exact) mass is 347 g/mol. The third-order valence-corrected chi connectivity index (χ3v) is 5.23. The summed E-state index contributed by atoms with van der Waals surface area (Å²) in [7, 11) is 2.06. The molecular weight excluding hydrogens is 330 g/mol. The minimum atomic E-state index is 0.314. The molecule has 0 N–H and O–H groups in total. The molecule has 1 unspecified atom stereocenters. The van der Waals surface area contributed by atoms with E-state index in [1.54, 1.807) is 11.3 Å². The second-order valence-corrected chi connectivity index (χ2v) is 6.87. The Balaban J connectivity index is 1.64. The topological polar surface area (TPSA) is 42.2 Å². The first kappa shape index (κ1) is 16.2. The fourth-order valence-corrected chi connectivity index (χ4v) is 3.39. The first-order chi connectivity index (χ1) is 11.1. The maximum atomic E-state index is 6.17. The number of halogens is 1. The highest BCUT2D eigenvalue weighted by Gasteiger charge is 2.16. The van der Waals surface area contributed by atoms with E-state index >= 15 is 0 Å². The van der Waals surface area contributed by atoms with Crippen molar-refractivity contribution in [2.75, 3.05) is 7.05 Å². The summed E-state index contributed by atoms with van der Waals surface area (Å²) in [4.78, 5) is 7.99. The minimum absolute atomic E-state index is 0.314. The molecule has 23 heavy (non-hydrogen) atoms. The number of rotatable bonds is 6. The minimum Gasteiger partial charge on any atom is -0.338 e. The molecule has 0 radical (unpaired) electrons. The van der Waals surface area contributed by atoms with E-state index in [1.165, 1.54) is 4.88 Å². The molecule has 4 nitrogen and oxygen atoms in total. The largest absolute Gasteiger partial charge is 0.338 e. The summed E-state index contributed by atoms with van der Waals surface area (Å²) in [6, 6.07) is 12.2. The van der Waals surface area contributed by atoms with Crippen molar-refractivity contribution in [2.24, 2.45) is 0 Å². The maximum absolute atomic E-state index is 6.17. The van der Waals surface area contributed by atoms with Crippen molar-refractivity contribution in [3.05, 3.63) is 69.0 Å². The Hall–Kier alpha value is -1.69. The van der Waals surface area contributed by atoms with Crippen molar-refractivity contribution >= 4 is 22.9 Å². The van der Waals surface area contributed by atoms with Gasteiger partial charge in [0.1, 0.15) is 0 Å². The number of aromatic nitrogens is 2. The van der Waals surface area contributed by atoms with Crippen molar-refractivity contribution in [1.29, 1.82) is 0 Å². The molecule has 2 aromatic heterocycles. The van der Waals surface area contributed by atoms with E-state index < -0.39 is 0 Å². The Kier molecular flexibility index (Phi) is 5.10. The zero-order valence-corrected chi connectivity index (χ0v) is 14.6. The van der Waals surface area contributed by atoms with Crippen LogP contribution in [0.5, 0.6) is 0 Å². The van der Waals surface area contributed by atoms with E-state index in [0.717, 1.165) is 10.6 Å². The molecular formula is C17H18ClN3OS. The van der Waals surface area contributed by atoms with Gasteiger partial charge in [0, 0.05) is 22.4 Å². The maximum Gasteiger partial charge on any atom is 0.240 e. The lowest BCUT2D eigenvalue weighted by Crippen LogP contribution is -2.21. The van der Waals surface area contributed by atoms with Crippen LogP contribution in [-0.4, -0.2) is 22.1 Å². The quantitative estimate of drug-likeness (QED) is 0.655. The van der Waals surface area contributed by atoms with Gasteiger partial charge < -0.3 is 4.52 Å². The van der Waals surface area contributed by atoms with Gasteiger partial charge in [0.25, 0.3) is 0 Å². The summed E-state index contributed by atoms with van der Waals surface area (Å²) in [5.74, 6) is 1.28. The van der Waals surface area contributed by atoms with Gasteiger partial charge in [-0.3, -0.25) is 4.90 Å². The van der Waals surface area contributed by atoms with Gasteiger partial charge in [-0.2, -0.15) is 4.98 Å². The average molecular weight is 348 g/mol. The van der Waals surface area contributed by atoms with E-state index in [4.69, 9.17) is 16.1 Å². The van der Waals surface area contributed by atoms with Crippen LogP contribution in [0.15, 0.2) is 46.3 Å². The molecule has 0 saturated carbocycles. The van der Waals surface area contributed by atoms with E-state index in [-0.39, 0.29) is 0 Å². The van der Waals surface area contributed by atoms with Crippen LogP contribution in [0.25, 0.3) is 0 Å². The highest BCUT2D eigenvalue weighted by molar-refractivity contribution is 7.10. The zero-order valence-electron chi connectivity index (χ0n) is 13.1. The molecule has 0 saturated heterocycles.